The number of amides is 1. The van der Waals surface area contributed by atoms with E-state index in [1.54, 1.807) is 36.4 Å². The number of nitrogens with one attached hydrogen (secondary N) is 1. The summed E-state index contributed by atoms with van der Waals surface area (Å²) in [7, 11) is -2.22. The fraction of sp³-hybridized carbons (Fsp3) is 0.222. The van der Waals surface area contributed by atoms with Crippen molar-refractivity contribution in [3.05, 3.63) is 54.1 Å². The van der Waals surface area contributed by atoms with E-state index in [2.05, 4.69) is 5.32 Å². The summed E-state index contributed by atoms with van der Waals surface area (Å²) in [6, 6.07) is 12.9. The van der Waals surface area contributed by atoms with E-state index in [0.717, 1.165) is 10.6 Å². The number of carbonyl (C=O) groups excluding carboxylic acids is 2. The van der Waals surface area contributed by atoms with Crippen molar-refractivity contribution in [2.45, 2.75) is 6.92 Å². The summed E-state index contributed by atoms with van der Waals surface area (Å²) in [5.41, 5.74) is 1.10. The molecule has 0 aliphatic heterocycles. The van der Waals surface area contributed by atoms with E-state index in [1.807, 2.05) is 0 Å². The Morgan fingerprint density at radius 3 is 2.42 bits per heavy atom. The second kappa shape index (κ2) is 8.01. The maximum absolute atomic E-state index is 12.3. The summed E-state index contributed by atoms with van der Waals surface area (Å²) in [6.45, 7) is 0.969. The van der Waals surface area contributed by atoms with Crippen LogP contribution in [-0.4, -0.2) is 40.0 Å². The zero-order valence-corrected chi connectivity index (χ0v) is 15.5. The molecular weight excluding hydrogens is 356 g/mol. The van der Waals surface area contributed by atoms with Crippen LogP contribution < -0.4 is 14.4 Å². The van der Waals surface area contributed by atoms with Gasteiger partial charge in [0.1, 0.15) is 12.3 Å². The number of sulfonamides is 1. The Morgan fingerprint density at radius 2 is 1.81 bits per heavy atom. The normalized spacial score (nSPS) is 10.9. The molecule has 1 N–H and O–H groups in total. The minimum Gasteiger partial charge on any atom is -0.497 e. The van der Waals surface area contributed by atoms with Crippen LogP contribution in [0.4, 0.5) is 11.4 Å². The average molecular weight is 376 g/mol. The van der Waals surface area contributed by atoms with E-state index in [0.29, 0.717) is 17.0 Å². The van der Waals surface area contributed by atoms with Crippen LogP contribution in [0.3, 0.4) is 0 Å². The third-order valence-electron chi connectivity index (χ3n) is 3.58. The van der Waals surface area contributed by atoms with Crippen LogP contribution in [0.2, 0.25) is 0 Å². The SMILES string of the molecule is COc1cccc(NC(=O)CN(c2cccc(C(C)=O)c2)S(C)(=O)=O)c1. The smallest absolute Gasteiger partial charge is 0.245 e. The predicted octanol–water partition coefficient (Wildman–Crippen LogP) is 2.30. The Balaban J connectivity index is 2.24. The number of nitrogens with zero attached hydrogens (tertiary/aromatic N) is 1. The predicted molar refractivity (Wildman–Crippen MR) is 100 cm³/mol. The number of ether oxygens (including phenoxy) is 1. The Morgan fingerprint density at radius 1 is 1.12 bits per heavy atom. The van der Waals surface area contributed by atoms with Crippen LogP contribution in [0.25, 0.3) is 0 Å². The highest BCUT2D eigenvalue weighted by Gasteiger charge is 2.21. The molecule has 2 aromatic carbocycles. The topological polar surface area (TPSA) is 92.8 Å². The molecule has 7 nitrogen and oxygen atoms in total. The highest BCUT2D eigenvalue weighted by atomic mass is 32.2. The van der Waals surface area contributed by atoms with Gasteiger partial charge in [-0.05, 0) is 31.2 Å². The molecule has 0 bridgehead atoms. The summed E-state index contributed by atoms with van der Waals surface area (Å²) in [4.78, 5) is 23.9. The van der Waals surface area contributed by atoms with Crippen molar-refractivity contribution in [3.8, 4) is 5.75 Å². The first-order valence-electron chi connectivity index (χ1n) is 7.73. The molecule has 0 unspecified atom stereocenters. The van der Waals surface area contributed by atoms with E-state index in [4.69, 9.17) is 4.74 Å². The third-order valence-corrected chi connectivity index (χ3v) is 4.72. The van der Waals surface area contributed by atoms with Crippen molar-refractivity contribution < 1.29 is 22.7 Å². The van der Waals surface area contributed by atoms with Gasteiger partial charge in [-0.1, -0.05) is 18.2 Å². The van der Waals surface area contributed by atoms with E-state index < -0.39 is 22.5 Å². The number of ketones is 1. The lowest BCUT2D eigenvalue weighted by molar-refractivity contribution is -0.114. The summed E-state index contributed by atoms with van der Waals surface area (Å²) in [5.74, 6) is -0.144. The molecule has 1 amide bonds. The summed E-state index contributed by atoms with van der Waals surface area (Å²) in [6.07, 6.45) is 1.01. The summed E-state index contributed by atoms with van der Waals surface area (Å²) in [5, 5.41) is 2.63. The second-order valence-electron chi connectivity index (χ2n) is 5.66. The van der Waals surface area contributed by atoms with Crippen molar-refractivity contribution in [1.29, 1.82) is 0 Å². The number of benzene rings is 2. The molecule has 0 aliphatic carbocycles. The fourth-order valence-corrected chi connectivity index (χ4v) is 3.16. The molecule has 26 heavy (non-hydrogen) atoms. The number of rotatable bonds is 7. The van der Waals surface area contributed by atoms with Gasteiger partial charge in [0.2, 0.25) is 15.9 Å². The average Bonchev–Trinajstić information content (AvgIpc) is 2.59. The fourth-order valence-electron chi connectivity index (χ4n) is 2.31. The van der Waals surface area contributed by atoms with Gasteiger partial charge in [0, 0.05) is 17.3 Å². The third kappa shape index (κ3) is 5.06. The monoisotopic (exact) mass is 376 g/mol. The molecule has 0 aromatic heterocycles. The van der Waals surface area contributed by atoms with Crippen molar-refractivity contribution in [3.63, 3.8) is 0 Å². The molecule has 0 spiro atoms. The highest BCUT2D eigenvalue weighted by Crippen LogP contribution is 2.20. The van der Waals surface area contributed by atoms with Crippen LogP contribution in [0.15, 0.2) is 48.5 Å². The van der Waals surface area contributed by atoms with Gasteiger partial charge < -0.3 is 10.1 Å². The molecule has 0 atom stereocenters. The highest BCUT2D eigenvalue weighted by molar-refractivity contribution is 7.92. The van der Waals surface area contributed by atoms with Crippen molar-refractivity contribution in [2.75, 3.05) is 29.5 Å². The lowest BCUT2D eigenvalue weighted by Gasteiger charge is -2.22. The number of anilines is 2. The van der Waals surface area contributed by atoms with Crippen LogP contribution in [0.1, 0.15) is 17.3 Å². The molecule has 2 rings (SSSR count). The van der Waals surface area contributed by atoms with E-state index in [-0.39, 0.29) is 11.5 Å². The maximum atomic E-state index is 12.3. The molecular formula is C18H20N2O5S. The zero-order valence-electron chi connectivity index (χ0n) is 14.7. The van der Waals surface area contributed by atoms with Gasteiger partial charge in [0.05, 0.1) is 19.1 Å². The molecule has 0 saturated heterocycles. The number of methoxy groups -OCH3 is 1. The van der Waals surface area contributed by atoms with Gasteiger partial charge in [-0.2, -0.15) is 0 Å². The van der Waals surface area contributed by atoms with Gasteiger partial charge in [0.25, 0.3) is 0 Å². The number of Topliss-reactive ketones (excluding diaryl/α,β-unsaturated/α-hetero) is 1. The molecule has 0 saturated carbocycles. The van der Waals surface area contributed by atoms with E-state index in [1.165, 1.54) is 26.2 Å². The molecule has 0 radical (unpaired) electrons. The Labute approximate surface area is 152 Å². The van der Waals surface area contributed by atoms with Crippen LogP contribution in [-0.2, 0) is 14.8 Å². The Hall–Kier alpha value is -2.87. The largest absolute Gasteiger partial charge is 0.497 e. The van der Waals surface area contributed by atoms with Crippen LogP contribution in [0, 0.1) is 0 Å². The molecule has 0 heterocycles. The van der Waals surface area contributed by atoms with E-state index >= 15 is 0 Å². The van der Waals surface area contributed by atoms with Crippen molar-refractivity contribution >= 4 is 33.1 Å². The first-order valence-corrected chi connectivity index (χ1v) is 9.58. The quantitative estimate of drug-likeness (QED) is 0.749. The molecule has 138 valence electrons. The molecule has 0 fully saturated rings. The van der Waals surface area contributed by atoms with Crippen LogP contribution >= 0.6 is 0 Å². The Kier molecular flexibility index (Phi) is 5.99. The number of hydrogen-bond acceptors (Lipinski definition) is 5. The second-order valence-corrected chi connectivity index (χ2v) is 7.56. The van der Waals surface area contributed by atoms with Gasteiger partial charge in [0.15, 0.2) is 5.78 Å². The standard InChI is InChI=1S/C18H20N2O5S/c1-13(21)14-6-4-8-16(10-14)20(26(3,23)24)12-18(22)19-15-7-5-9-17(11-15)25-2/h4-11H,12H2,1-3H3,(H,19,22). The van der Waals surface area contributed by atoms with Gasteiger partial charge >= 0.3 is 0 Å². The lowest BCUT2D eigenvalue weighted by atomic mass is 10.1. The number of hydrogen-bond donors (Lipinski definition) is 1. The number of carbonyl (C=O) groups is 2. The van der Waals surface area contributed by atoms with Crippen molar-refractivity contribution in [2.24, 2.45) is 0 Å². The van der Waals surface area contributed by atoms with E-state index in [9.17, 15) is 18.0 Å². The van der Waals surface area contributed by atoms with Crippen molar-refractivity contribution in [1.82, 2.24) is 0 Å². The first kappa shape index (κ1) is 19.5. The minimum absolute atomic E-state index is 0.193. The van der Waals surface area contributed by atoms with Crippen LogP contribution in [0.5, 0.6) is 5.75 Å². The lowest BCUT2D eigenvalue weighted by Crippen LogP contribution is -2.37. The zero-order chi connectivity index (χ0) is 19.3. The minimum atomic E-state index is -3.72. The Bertz CT molecular complexity index is 925. The molecule has 0 aliphatic rings. The maximum Gasteiger partial charge on any atom is 0.245 e. The van der Waals surface area contributed by atoms with Gasteiger partial charge in [-0.15, -0.1) is 0 Å². The summed E-state index contributed by atoms with van der Waals surface area (Å²) < 4.78 is 30.3. The summed E-state index contributed by atoms with van der Waals surface area (Å²) >= 11 is 0. The molecule has 2 aromatic rings. The van der Waals surface area contributed by atoms with Gasteiger partial charge in [-0.3, -0.25) is 13.9 Å². The van der Waals surface area contributed by atoms with Gasteiger partial charge in [-0.25, -0.2) is 8.42 Å². The first-order chi connectivity index (χ1) is 12.2. The molecule has 8 heteroatoms.